The molecular weight excluding hydrogens is 522 g/mol. The maximum atomic E-state index is 14.2. The summed E-state index contributed by atoms with van der Waals surface area (Å²) in [6.45, 7) is 1.63. The lowest BCUT2D eigenvalue weighted by Gasteiger charge is -2.33. The number of methoxy groups -OCH3 is 1. The van der Waals surface area contributed by atoms with Gasteiger partial charge in [-0.1, -0.05) is 78.4 Å². The first kappa shape index (κ1) is 26.8. The maximum absolute atomic E-state index is 14.2. The van der Waals surface area contributed by atoms with Crippen LogP contribution in [0.25, 0.3) is 5.70 Å². The lowest BCUT2D eigenvalue weighted by atomic mass is 9.91. The van der Waals surface area contributed by atoms with Crippen LogP contribution in [0.2, 0.25) is 0 Å². The van der Waals surface area contributed by atoms with Gasteiger partial charge in [0.05, 0.1) is 24.2 Å². The van der Waals surface area contributed by atoms with Crippen LogP contribution in [0.4, 0.5) is 0 Å². The molecule has 0 unspecified atom stereocenters. The van der Waals surface area contributed by atoms with Gasteiger partial charge in [-0.15, -0.1) is 0 Å². The molecule has 0 atom stereocenters. The summed E-state index contributed by atoms with van der Waals surface area (Å²) in [6, 6.07) is 30.6. The molecule has 0 fully saturated rings. The zero-order valence-electron chi connectivity index (χ0n) is 22.1. The van der Waals surface area contributed by atoms with E-state index in [1.807, 2.05) is 6.92 Å². The Balaban J connectivity index is 1.78. The van der Waals surface area contributed by atoms with Crippen molar-refractivity contribution in [3.63, 3.8) is 0 Å². The van der Waals surface area contributed by atoms with E-state index in [-0.39, 0.29) is 34.1 Å². The fraction of sp³-hybridized carbons (Fsp3) is 0.0909. The quantitative estimate of drug-likeness (QED) is 0.248. The first-order valence-corrected chi connectivity index (χ1v) is 14.1. The number of carbonyl (C=O) groups excluding carboxylic acids is 2. The first-order valence-electron chi connectivity index (χ1n) is 12.7. The molecule has 4 aromatic rings. The van der Waals surface area contributed by atoms with Crippen molar-refractivity contribution in [3.05, 3.63) is 149 Å². The topological polar surface area (TPSA) is 80.8 Å². The van der Waals surface area contributed by atoms with Crippen LogP contribution in [0, 0.1) is 6.92 Å². The van der Waals surface area contributed by atoms with E-state index in [0.717, 1.165) is 5.56 Å². The summed E-state index contributed by atoms with van der Waals surface area (Å²) in [6.07, 6.45) is 1.53. The number of rotatable bonds is 8. The van der Waals surface area contributed by atoms with E-state index < -0.39 is 15.8 Å². The summed E-state index contributed by atoms with van der Waals surface area (Å²) < 4.78 is 34.9. The lowest BCUT2D eigenvalue weighted by molar-refractivity contribution is 0.102. The second-order valence-electron chi connectivity index (χ2n) is 9.38. The van der Waals surface area contributed by atoms with Crippen molar-refractivity contribution in [3.8, 4) is 5.75 Å². The fourth-order valence-electron chi connectivity index (χ4n) is 4.58. The number of carbonyl (C=O) groups is 2. The van der Waals surface area contributed by atoms with E-state index in [4.69, 9.17) is 4.74 Å². The van der Waals surface area contributed by atoms with E-state index >= 15 is 0 Å². The van der Waals surface area contributed by atoms with Gasteiger partial charge in [-0.05, 0) is 55.0 Å². The molecule has 0 N–H and O–H groups in total. The predicted molar refractivity (Wildman–Crippen MR) is 155 cm³/mol. The summed E-state index contributed by atoms with van der Waals surface area (Å²) >= 11 is 0. The third-order valence-electron chi connectivity index (χ3n) is 6.72. The molecular formula is C33H27NO5S. The van der Waals surface area contributed by atoms with E-state index in [2.05, 4.69) is 0 Å². The van der Waals surface area contributed by atoms with Crippen molar-refractivity contribution < 1.29 is 22.7 Å². The molecule has 0 aromatic heterocycles. The van der Waals surface area contributed by atoms with Gasteiger partial charge in [0.1, 0.15) is 5.75 Å². The van der Waals surface area contributed by atoms with Crippen LogP contribution in [0.5, 0.6) is 5.75 Å². The van der Waals surface area contributed by atoms with E-state index in [1.54, 1.807) is 97.1 Å². The molecule has 0 spiro atoms. The van der Waals surface area contributed by atoms with Crippen molar-refractivity contribution in [2.45, 2.75) is 11.8 Å². The fourth-order valence-corrected chi connectivity index (χ4v) is 6.07. The zero-order valence-corrected chi connectivity index (χ0v) is 22.9. The SMILES string of the molecule is COc1ccc(C2=C(C(=O)c3ccccc3)C=C(C(=O)c3ccccc3)CN2S(=O)(=O)c2ccc(C)cc2)cc1. The van der Waals surface area contributed by atoms with E-state index in [1.165, 1.54) is 29.6 Å². The number of ketones is 2. The molecule has 0 bridgehead atoms. The number of benzene rings is 4. The van der Waals surface area contributed by atoms with E-state index in [0.29, 0.717) is 22.4 Å². The highest BCUT2D eigenvalue weighted by Gasteiger charge is 2.36. The summed E-state index contributed by atoms with van der Waals surface area (Å²) in [5.41, 5.74) is 2.68. The van der Waals surface area contributed by atoms with Crippen LogP contribution in [-0.2, 0) is 10.0 Å². The molecule has 6 nitrogen and oxygen atoms in total. The van der Waals surface area contributed by atoms with Gasteiger partial charge in [0.2, 0.25) is 0 Å². The highest BCUT2D eigenvalue weighted by molar-refractivity contribution is 7.89. The Bertz CT molecular complexity index is 1720. The molecule has 1 aliphatic rings. The predicted octanol–water partition coefficient (Wildman–Crippen LogP) is 6.11. The Morgan fingerprint density at radius 3 is 1.82 bits per heavy atom. The number of allylic oxidation sites excluding steroid dienone is 2. The number of aryl methyl sites for hydroxylation is 1. The Morgan fingerprint density at radius 2 is 1.27 bits per heavy atom. The maximum Gasteiger partial charge on any atom is 0.264 e. The molecule has 0 radical (unpaired) electrons. The van der Waals surface area contributed by atoms with Crippen molar-refractivity contribution in [2.24, 2.45) is 0 Å². The molecule has 5 rings (SSSR count). The Labute approximate surface area is 233 Å². The minimum absolute atomic E-state index is 0.0593. The number of sulfonamides is 1. The number of hydrogen-bond donors (Lipinski definition) is 0. The molecule has 4 aromatic carbocycles. The standard InChI is InChI=1S/C33H27NO5S/c1-23-13-19-29(20-14-23)40(37,38)34-22-27(32(35)25-9-5-3-6-10-25)21-30(33(36)26-11-7-4-8-12-26)31(34)24-15-17-28(39-2)18-16-24/h3-21H,22H2,1-2H3. The van der Waals surface area contributed by atoms with Gasteiger partial charge < -0.3 is 4.74 Å². The first-order chi connectivity index (χ1) is 19.3. The van der Waals surface area contributed by atoms with Crippen LogP contribution in [0.15, 0.2) is 131 Å². The molecule has 0 amide bonds. The Kier molecular flexibility index (Phi) is 7.49. The van der Waals surface area contributed by atoms with Gasteiger partial charge in [0.15, 0.2) is 11.6 Å². The summed E-state index contributed by atoms with van der Waals surface area (Å²) in [5, 5.41) is 0. The number of nitrogens with zero attached hydrogens (tertiary/aromatic N) is 1. The van der Waals surface area contributed by atoms with Crippen molar-refractivity contribution >= 4 is 27.3 Å². The molecule has 7 heteroatoms. The van der Waals surface area contributed by atoms with Crippen molar-refractivity contribution in [1.29, 1.82) is 0 Å². The van der Waals surface area contributed by atoms with Crippen molar-refractivity contribution in [1.82, 2.24) is 4.31 Å². The monoisotopic (exact) mass is 549 g/mol. The molecule has 1 heterocycles. The largest absolute Gasteiger partial charge is 0.497 e. The van der Waals surface area contributed by atoms with Crippen molar-refractivity contribution in [2.75, 3.05) is 13.7 Å². The zero-order chi connectivity index (χ0) is 28.3. The molecule has 1 aliphatic heterocycles. The van der Waals surface area contributed by atoms with Gasteiger partial charge >= 0.3 is 0 Å². The average Bonchev–Trinajstić information content (AvgIpc) is 3.01. The molecule has 0 aliphatic carbocycles. The molecule has 0 saturated carbocycles. The number of ether oxygens (including phenoxy) is 1. The van der Waals surface area contributed by atoms with Gasteiger partial charge in [0, 0.05) is 22.3 Å². The van der Waals surface area contributed by atoms with Gasteiger partial charge in [0.25, 0.3) is 10.0 Å². The van der Waals surface area contributed by atoms with Crippen LogP contribution in [-0.4, -0.2) is 37.9 Å². The third kappa shape index (κ3) is 5.24. The van der Waals surface area contributed by atoms with Crippen LogP contribution < -0.4 is 4.74 Å². The average molecular weight is 550 g/mol. The summed E-state index contributed by atoms with van der Waals surface area (Å²) in [5.74, 6) is -0.162. The minimum Gasteiger partial charge on any atom is -0.497 e. The van der Waals surface area contributed by atoms with Gasteiger partial charge in [-0.25, -0.2) is 8.42 Å². The smallest absolute Gasteiger partial charge is 0.264 e. The lowest BCUT2D eigenvalue weighted by Crippen LogP contribution is -2.37. The number of hydrogen-bond acceptors (Lipinski definition) is 5. The van der Waals surface area contributed by atoms with Gasteiger partial charge in [-0.2, -0.15) is 0 Å². The van der Waals surface area contributed by atoms with Crippen LogP contribution in [0.1, 0.15) is 31.8 Å². The Hall–Kier alpha value is -4.75. The normalized spacial score (nSPS) is 13.6. The van der Waals surface area contributed by atoms with Crippen LogP contribution in [0.3, 0.4) is 0 Å². The highest BCUT2D eigenvalue weighted by atomic mass is 32.2. The third-order valence-corrected chi connectivity index (χ3v) is 8.48. The Morgan fingerprint density at radius 1 is 0.725 bits per heavy atom. The van der Waals surface area contributed by atoms with E-state index in [9.17, 15) is 18.0 Å². The molecule has 200 valence electrons. The summed E-state index contributed by atoms with van der Waals surface area (Å²) in [7, 11) is -2.65. The molecule has 0 saturated heterocycles. The van der Waals surface area contributed by atoms with Gasteiger partial charge in [-0.3, -0.25) is 13.9 Å². The molecule has 40 heavy (non-hydrogen) atoms. The minimum atomic E-state index is -4.19. The highest BCUT2D eigenvalue weighted by Crippen LogP contribution is 2.37. The second kappa shape index (κ2) is 11.2. The van der Waals surface area contributed by atoms with Crippen LogP contribution >= 0.6 is 0 Å². The second-order valence-corrected chi connectivity index (χ2v) is 11.2. The number of Topliss-reactive ketones (excluding diaryl/α,β-unsaturated/α-hetero) is 2. The summed E-state index contributed by atoms with van der Waals surface area (Å²) in [4.78, 5) is 27.7.